The average molecular weight is 343 g/mol. The number of hydrogen-bond acceptors (Lipinski definition) is 5. The smallest absolute Gasteiger partial charge is 0.224 e. The number of amides is 1. The van der Waals surface area contributed by atoms with Gasteiger partial charge in [0.15, 0.2) is 0 Å². The first-order valence-corrected chi connectivity index (χ1v) is 9.11. The van der Waals surface area contributed by atoms with E-state index >= 15 is 0 Å². The molecule has 0 N–H and O–H groups in total. The van der Waals surface area contributed by atoms with Crippen molar-refractivity contribution >= 4 is 11.7 Å². The first-order valence-electron chi connectivity index (χ1n) is 9.11. The Balaban J connectivity index is 2.03. The van der Waals surface area contributed by atoms with Crippen LogP contribution in [0.2, 0.25) is 0 Å². The lowest BCUT2D eigenvalue weighted by atomic mass is 9.87. The van der Waals surface area contributed by atoms with Gasteiger partial charge in [-0.15, -0.1) is 0 Å². The highest BCUT2D eigenvalue weighted by atomic mass is 16.5. The summed E-state index contributed by atoms with van der Waals surface area (Å²) < 4.78 is 15.9. The topological polar surface area (TPSA) is 65.1 Å². The fraction of sp³-hybridized carbons (Fsp3) is 0.889. The van der Waals surface area contributed by atoms with Crippen LogP contribution < -0.4 is 0 Å². The molecule has 24 heavy (non-hydrogen) atoms. The molecule has 0 atom stereocenters. The summed E-state index contributed by atoms with van der Waals surface area (Å²) in [6.45, 7) is 10.5. The van der Waals surface area contributed by atoms with E-state index in [0.29, 0.717) is 64.9 Å². The molecule has 1 amide bonds. The van der Waals surface area contributed by atoms with Crippen LogP contribution in [-0.4, -0.2) is 69.3 Å². The highest BCUT2D eigenvalue weighted by Crippen LogP contribution is 2.21. The summed E-state index contributed by atoms with van der Waals surface area (Å²) in [5, 5.41) is 0. The molecule has 1 saturated heterocycles. The molecule has 1 aliphatic rings. The Morgan fingerprint density at radius 1 is 0.958 bits per heavy atom. The number of carbonyl (C=O) groups excluding carboxylic acids is 2. The number of ketones is 1. The van der Waals surface area contributed by atoms with Gasteiger partial charge < -0.3 is 19.1 Å². The van der Waals surface area contributed by atoms with E-state index in [1.165, 1.54) is 0 Å². The maximum absolute atomic E-state index is 12.1. The van der Waals surface area contributed by atoms with E-state index in [0.717, 1.165) is 12.8 Å². The summed E-state index contributed by atoms with van der Waals surface area (Å²) >= 11 is 0. The highest BCUT2D eigenvalue weighted by molar-refractivity contribution is 5.83. The minimum atomic E-state index is 0.0846. The number of rotatable bonds is 12. The van der Waals surface area contributed by atoms with Crippen LogP contribution in [0.15, 0.2) is 0 Å². The second-order valence-electron chi connectivity index (χ2n) is 6.38. The molecule has 0 radical (unpaired) electrons. The normalized spacial score (nSPS) is 15.9. The Bertz CT molecular complexity index is 364. The molecule has 0 unspecified atom stereocenters. The lowest BCUT2D eigenvalue weighted by Crippen LogP contribution is -2.41. The number of nitrogens with zero attached hydrogens (tertiary/aromatic N) is 1. The Morgan fingerprint density at radius 2 is 1.50 bits per heavy atom. The monoisotopic (exact) mass is 343 g/mol. The van der Waals surface area contributed by atoms with Crippen LogP contribution in [0.3, 0.4) is 0 Å². The molecule has 0 aromatic heterocycles. The van der Waals surface area contributed by atoms with Crippen molar-refractivity contribution in [2.24, 2.45) is 11.8 Å². The van der Waals surface area contributed by atoms with Crippen LogP contribution in [0.25, 0.3) is 0 Å². The van der Waals surface area contributed by atoms with Crippen LogP contribution >= 0.6 is 0 Å². The first kappa shape index (κ1) is 21.1. The van der Waals surface area contributed by atoms with Crippen LogP contribution in [0, 0.1) is 11.8 Å². The molecule has 1 fully saturated rings. The molecule has 1 heterocycles. The van der Waals surface area contributed by atoms with Crippen LogP contribution in [0.4, 0.5) is 0 Å². The summed E-state index contributed by atoms with van der Waals surface area (Å²) in [5.74, 6) is 0.651. The fourth-order valence-electron chi connectivity index (χ4n) is 2.79. The van der Waals surface area contributed by atoms with Crippen LogP contribution in [-0.2, 0) is 23.8 Å². The number of ether oxygens (including phenoxy) is 3. The number of piperidine rings is 1. The van der Waals surface area contributed by atoms with Gasteiger partial charge in [-0.1, -0.05) is 13.8 Å². The fourth-order valence-corrected chi connectivity index (χ4v) is 2.79. The molecule has 1 rings (SSSR count). The van der Waals surface area contributed by atoms with Crippen molar-refractivity contribution < 1.29 is 23.8 Å². The molecule has 0 aromatic rings. The van der Waals surface area contributed by atoms with Gasteiger partial charge in [0.25, 0.3) is 0 Å². The Kier molecular flexibility index (Phi) is 10.9. The maximum Gasteiger partial charge on any atom is 0.224 e. The highest BCUT2D eigenvalue weighted by Gasteiger charge is 2.28. The third-order valence-corrected chi connectivity index (χ3v) is 4.23. The molecular weight excluding hydrogens is 310 g/mol. The minimum Gasteiger partial charge on any atom is -0.379 e. The molecule has 6 heteroatoms. The van der Waals surface area contributed by atoms with E-state index in [-0.39, 0.29) is 17.7 Å². The summed E-state index contributed by atoms with van der Waals surface area (Å²) in [6.07, 6.45) is 1.97. The predicted molar refractivity (Wildman–Crippen MR) is 91.9 cm³/mol. The molecule has 0 spiro atoms. The van der Waals surface area contributed by atoms with Gasteiger partial charge in [0.05, 0.1) is 39.5 Å². The largest absolute Gasteiger partial charge is 0.379 e. The second-order valence-corrected chi connectivity index (χ2v) is 6.38. The van der Waals surface area contributed by atoms with E-state index < -0.39 is 0 Å². The molecule has 0 bridgehead atoms. The van der Waals surface area contributed by atoms with Gasteiger partial charge in [-0.3, -0.25) is 9.59 Å². The zero-order chi connectivity index (χ0) is 17.8. The van der Waals surface area contributed by atoms with E-state index in [4.69, 9.17) is 14.2 Å². The molecular formula is C18H33NO5. The zero-order valence-corrected chi connectivity index (χ0v) is 15.4. The lowest BCUT2D eigenvalue weighted by molar-refractivity contribution is -0.136. The predicted octanol–water partition coefficient (Wildman–Crippen LogP) is 1.91. The number of hydrogen-bond donors (Lipinski definition) is 0. The summed E-state index contributed by atoms with van der Waals surface area (Å²) in [6, 6.07) is 0. The van der Waals surface area contributed by atoms with E-state index in [1.807, 2.05) is 25.7 Å². The maximum atomic E-state index is 12.1. The summed E-state index contributed by atoms with van der Waals surface area (Å²) in [7, 11) is 0. The second kappa shape index (κ2) is 12.4. The lowest BCUT2D eigenvalue weighted by Gasteiger charge is -2.32. The summed E-state index contributed by atoms with van der Waals surface area (Å²) in [5.41, 5.74) is 0. The van der Waals surface area contributed by atoms with Gasteiger partial charge in [0.2, 0.25) is 5.91 Å². The molecule has 1 aliphatic heterocycles. The first-order chi connectivity index (χ1) is 11.6. The third kappa shape index (κ3) is 8.22. The van der Waals surface area contributed by atoms with Gasteiger partial charge in [0, 0.05) is 31.5 Å². The number of likely N-dealkylation sites (tertiary alicyclic amines) is 1. The van der Waals surface area contributed by atoms with Crippen molar-refractivity contribution in [1.29, 1.82) is 0 Å². The number of Topliss-reactive ketones (excluding diaryl/α,β-unsaturated/α-hetero) is 1. The van der Waals surface area contributed by atoms with Gasteiger partial charge in [0.1, 0.15) is 5.78 Å². The summed E-state index contributed by atoms with van der Waals surface area (Å²) in [4.78, 5) is 26.0. The van der Waals surface area contributed by atoms with Crippen molar-refractivity contribution in [2.75, 3.05) is 52.7 Å². The van der Waals surface area contributed by atoms with E-state index in [2.05, 4.69) is 0 Å². The van der Waals surface area contributed by atoms with Gasteiger partial charge in [-0.2, -0.15) is 0 Å². The minimum absolute atomic E-state index is 0.0846. The van der Waals surface area contributed by atoms with E-state index in [9.17, 15) is 9.59 Å². The Hall–Kier alpha value is -0.980. The average Bonchev–Trinajstić information content (AvgIpc) is 2.59. The standard InChI is InChI=1S/C18H33NO5/c1-4-22-11-12-24-14-13-23-10-7-17(20)19-8-5-16(6-9-19)18(21)15(2)3/h15-16H,4-14H2,1-3H3. The number of carbonyl (C=O) groups is 2. The van der Waals surface area contributed by atoms with Crippen molar-refractivity contribution in [3.8, 4) is 0 Å². The van der Waals surface area contributed by atoms with Crippen LogP contribution in [0.5, 0.6) is 0 Å². The Morgan fingerprint density at radius 3 is 2.04 bits per heavy atom. The third-order valence-electron chi connectivity index (χ3n) is 4.23. The van der Waals surface area contributed by atoms with Crippen LogP contribution in [0.1, 0.15) is 40.0 Å². The molecule has 140 valence electrons. The molecule has 0 aromatic carbocycles. The Labute approximate surface area is 145 Å². The quantitative estimate of drug-likeness (QED) is 0.507. The van der Waals surface area contributed by atoms with Crippen molar-refractivity contribution in [2.45, 2.75) is 40.0 Å². The molecule has 0 aliphatic carbocycles. The molecule has 6 nitrogen and oxygen atoms in total. The van der Waals surface area contributed by atoms with Crippen molar-refractivity contribution in [3.63, 3.8) is 0 Å². The van der Waals surface area contributed by atoms with Crippen molar-refractivity contribution in [3.05, 3.63) is 0 Å². The molecule has 0 saturated carbocycles. The SMILES string of the molecule is CCOCCOCCOCCC(=O)N1CCC(C(=O)C(C)C)CC1. The van der Waals surface area contributed by atoms with Crippen molar-refractivity contribution in [1.82, 2.24) is 4.90 Å². The van der Waals surface area contributed by atoms with Gasteiger partial charge >= 0.3 is 0 Å². The zero-order valence-electron chi connectivity index (χ0n) is 15.4. The van der Waals surface area contributed by atoms with Gasteiger partial charge in [-0.05, 0) is 19.8 Å². The van der Waals surface area contributed by atoms with Gasteiger partial charge in [-0.25, -0.2) is 0 Å². The van der Waals surface area contributed by atoms with E-state index in [1.54, 1.807) is 0 Å².